The number of nitrogens with two attached hydrogens (primary N) is 1. The second kappa shape index (κ2) is 5.96. The van der Waals surface area contributed by atoms with Gasteiger partial charge in [-0.2, -0.15) is 0 Å². The Hall–Kier alpha value is -0.700. The molecule has 7 nitrogen and oxygen atoms in total. The number of nitrogens with zero attached hydrogens (tertiary/aromatic N) is 1. The van der Waals surface area contributed by atoms with E-state index in [1.807, 2.05) is 0 Å². The summed E-state index contributed by atoms with van der Waals surface area (Å²) in [6.45, 7) is -0.0185. The monoisotopic (exact) mass is 280 g/mol. The summed E-state index contributed by atoms with van der Waals surface area (Å²) in [6, 6.07) is 0. The van der Waals surface area contributed by atoms with Gasteiger partial charge in [0.05, 0.1) is 28.7 Å². The Balaban J connectivity index is 0.00000162. The number of ether oxygens (including phenoxy) is 1. The van der Waals surface area contributed by atoms with Crippen LogP contribution in [0.5, 0.6) is 0 Å². The topological polar surface area (TPSA) is 113 Å². The van der Waals surface area contributed by atoms with E-state index in [9.17, 15) is 19.5 Å². The number of aliphatic carboxylic acids is 1. The number of carbonyl (C=O) groups excluding carboxylic acids is 3. The van der Waals surface area contributed by atoms with Crippen molar-refractivity contribution < 1.29 is 53.8 Å². The largest absolute Gasteiger partial charge is 1.00 e. The zero-order valence-electron chi connectivity index (χ0n) is 9.62. The average molecular weight is 280 g/mol. The van der Waals surface area contributed by atoms with Crippen molar-refractivity contribution in [2.24, 2.45) is 5.73 Å². The molecule has 18 heavy (non-hydrogen) atoms. The molecule has 92 valence electrons. The first-order chi connectivity index (χ1) is 7.99. The van der Waals surface area contributed by atoms with Crippen LogP contribution in [0.2, 0.25) is 0 Å². The number of hydrogen-bond donors (Lipinski definition) is 1. The first kappa shape index (κ1) is 15.4. The summed E-state index contributed by atoms with van der Waals surface area (Å²) in [4.78, 5) is 33.7. The Bertz CT molecular complexity index is 427. The molecular weight excluding hydrogens is 271 g/mol. The Morgan fingerprint density at radius 1 is 1.61 bits per heavy atom. The van der Waals surface area contributed by atoms with Crippen LogP contribution in [0.1, 0.15) is 6.42 Å². The van der Waals surface area contributed by atoms with E-state index >= 15 is 0 Å². The molecule has 2 rings (SSSR count). The first-order valence-electron chi connectivity index (χ1n) is 4.82. The summed E-state index contributed by atoms with van der Waals surface area (Å²) in [7, 11) is 0. The van der Waals surface area contributed by atoms with Gasteiger partial charge in [0.15, 0.2) is 0 Å². The van der Waals surface area contributed by atoms with E-state index in [2.05, 4.69) is 4.74 Å². The van der Waals surface area contributed by atoms with Gasteiger partial charge in [-0.1, -0.05) is 0 Å². The number of β-lactam (4-membered cyclic amide) rings is 1. The van der Waals surface area contributed by atoms with Crippen LogP contribution in [0.25, 0.3) is 0 Å². The summed E-state index contributed by atoms with van der Waals surface area (Å²) in [5.41, 5.74) is 4.65. The molecule has 2 aliphatic heterocycles. The molecule has 0 aromatic rings. The van der Waals surface area contributed by atoms with Gasteiger partial charge in [-0.3, -0.25) is 9.69 Å². The molecule has 1 fully saturated rings. The molecule has 2 N–H and O–H groups in total. The van der Waals surface area contributed by atoms with E-state index in [0.717, 1.165) is 0 Å². The molecule has 1 unspecified atom stereocenters. The number of rotatable bonds is 3. The third kappa shape index (κ3) is 3.00. The van der Waals surface area contributed by atoms with E-state index < -0.39 is 12.1 Å². The van der Waals surface area contributed by atoms with E-state index in [0.29, 0.717) is 0 Å². The Morgan fingerprint density at radius 3 is 2.78 bits per heavy atom. The minimum Gasteiger partial charge on any atom is -0.543 e. The van der Waals surface area contributed by atoms with E-state index in [-0.39, 0.29) is 64.8 Å². The summed E-state index contributed by atoms with van der Waals surface area (Å²) in [5.74, 6) is -1.65. The predicted molar refractivity (Wildman–Crippen MR) is 55.3 cm³/mol. The van der Waals surface area contributed by atoms with Crippen LogP contribution in [0.3, 0.4) is 0 Å². The minimum atomic E-state index is -1.41. The normalized spacial score (nSPS) is 25.2. The van der Waals surface area contributed by atoms with Crippen LogP contribution in [-0.2, 0) is 14.3 Å². The molecule has 0 aliphatic carbocycles. The second-order valence-corrected chi connectivity index (χ2v) is 4.99. The fourth-order valence-corrected chi connectivity index (χ4v) is 3.05. The summed E-state index contributed by atoms with van der Waals surface area (Å²) in [6.07, 6.45) is 0.708. The van der Waals surface area contributed by atoms with Crippen molar-refractivity contribution in [1.82, 2.24) is 4.90 Å². The van der Waals surface area contributed by atoms with Crippen LogP contribution >= 0.6 is 11.8 Å². The van der Waals surface area contributed by atoms with E-state index in [1.54, 1.807) is 0 Å². The van der Waals surface area contributed by atoms with Gasteiger partial charge >= 0.3 is 35.7 Å². The molecule has 1 saturated heterocycles. The van der Waals surface area contributed by atoms with Crippen LogP contribution in [0.15, 0.2) is 11.8 Å². The van der Waals surface area contributed by atoms with Gasteiger partial charge in [0.25, 0.3) is 0 Å². The SMILES string of the molecule is NC(=O)OCC1C=C(C(=O)[O-])N2C(=O)C[C@H]2S1.[Na+]. The summed E-state index contributed by atoms with van der Waals surface area (Å²) < 4.78 is 4.60. The Kier molecular flexibility index (Phi) is 5.09. The molecule has 2 heterocycles. The number of carboxylic acids is 1. The van der Waals surface area contributed by atoms with E-state index in [1.165, 1.54) is 22.7 Å². The number of hydrogen-bond acceptors (Lipinski definition) is 6. The van der Waals surface area contributed by atoms with Crippen LogP contribution in [0.4, 0.5) is 4.79 Å². The maximum atomic E-state index is 11.2. The van der Waals surface area contributed by atoms with Gasteiger partial charge < -0.3 is 20.4 Å². The zero-order valence-corrected chi connectivity index (χ0v) is 12.4. The molecule has 0 radical (unpaired) electrons. The van der Waals surface area contributed by atoms with Gasteiger partial charge in [-0.25, -0.2) is 4.79 Å². The van der Waals surface area contributed by atoms with Gasteiger partial charge in [-0.15, -0.1) is 11.8 Å². The molecule has 0 saturated carbocycles. The third-order valence-corrected chi connectivity index (χ3v) is 3.75. The van der Waals surface area contributed by atoms with Gasteiger partial charge in [-0.05, 0) is 6.08 Å². The second-order valence-electron chi connectivity index (χ2n) is 3.57. The van der Waals surface area contributed by atoms with Crippen molar-refractivity contribution in [1.29, 1.82) is 0 Å². The van der Waals surface area contributed by atoms with Crippen molar-refractivity contribution in [3.05, 3.63) is 11.8 Å². The van der Waals surface area contributed by atoms with Gasteiger partial charge in [0.2, 0.25) is 5.91 Å². The fourth-order valence-electron chi connectivity index (χ4n) is 1.70. The number of carbonyl (C=O) groups is 3. The number of fused-ring (bicyclic) bond motifs is 1. The molecule has 0 bridgehead atoms. The molecule has 2 amide bonds. The standard InChI is InChI=1S/C9H10N2O5S.Na/c10-9(15)16-3-4-1-5(8(13)14)11-6(12)2-7(11)17-4;/h1,4,7H,2-3H2,(H2,10,15)(H,13,14);/q;+1/p-1/t4?,7-;/m1./s1. The van der Waals surface area contributed by atoms with Gasteiger partial charge in [0.1, 0.15) is 6.61 Å². The third-order valence-electron chi connectivity index (χ3n) is 2.44. The Morgan fingerprint density at radius 2 is 2.28 bits per heavy atom. The molecule has 2 aliphatic rings. The van der Waals surface area contributed by atoms with Crippen molar-refractivity contribution in [2.75, 3.05) is 6.61 Å². The van der Waals surface area contributed by atoms with Crippen molar-refractivity contribution in [2.45, 2.75) is 17.0 Å². The minimum absolute atomic E-state index is 0. The Labute approximate surface area is 129 Å². The quantitative estimate of drug-likeness (QED) is 0.411. The fraction of sp³-hybridized carbons (Fsp3) is 0.444. The number of thioether (sulfide) groups is 1. The summed E-state index contributed by atoms with van der Waals surface area (Å²) >= 11 is 1.35. The molecular formula is C9H9N2NaO5S. The van der Waals surface area contributed by atoms with E-state index in [4.69, 9.17) is 5.73 Å². The van der Waals surface area contributed by atoms with Crippen LogP contribution < -0.4 is 40.4 Å². The van der Waals surface area contributed by atoms with Crippen molar-refractivity contribution in [3.8, 4) is 0 Å². The van der Waals surface area contributed by atoms with Crippen molar-refractivity contribution >= 4 is 29.7 Å². The molecule has 0 aromatic carbocycles. The van der Waals surface area contributed by atoms with Gasteiger partial charge in [0, 0.05) is 0 Å². The smallest absolute Gasteiger partial charge is 0.543 e. The van der Waals surface area contributed by atoms with Crippen molar-refractivity contribution in [3.63, 3.8) is 0 Å². The van der Waals surface area contributed by atoms with Crippen LogP contribution in [0, 0.1) is 0 Å². The molecule has 2 atom stereocenters. The number of primary amides is 1. The van der Waals surface area contributed by atoms with Crippen LogP contribution in [-0.4, -0.2) is 40.1 Å². The number of amides is 2. The predicted octanol–water partition coefficient (Wildman–Crippen LogP) is -4.61. The summed E-state index contributed by atoms with van der Waals surface area (Å²) in [5, 5.41) is 10.3. The molecule has 0 spiro atoms. The molecule has 9 heteroatoms. The molecule has 0 aromatic heterocycles. The maximum absolute atomic E-state index is 11.2. The average Bonchev–Trinajstić information content (AvgIpc) is 2.23. The number of carboxylic acid groups (broad SMARTS) is 1. The zero-order chi connectivity index (χ0) is 12.6. The maximum Gasteiger partial charge on any atom is 1.00 e. The first-order valence-corrected chi connectivity index (χ1v) is 5.76.